The molecule has 0 radical (unpaired) electrons. The zero-order valence-corrected chi connectivity index (χ0v) is 10.8. The maximum atomic E-state index is 5.78. The number of nitrogen functional groups attached to an aromatic ring is 1. The summed E-state index contributed by atoms with van der Waals surface area (Å²) in [6, 6.07) is 0. The largest absolute Gasteiger partial charge is 0.369 e. The van der Waals surface area contributed by atoms with Gasteiger partial charge in [0.25, 0.3) is 0 Å². The number of imidazole rings is 1. The second-order valence-corrected chi connectivity index (χ2v) is 5.34. The highest BCUT2D eigenvalue weighted by molar-refractivity contribution is 5.27. The van der Waals surface area contributed by atoms with Crippen molar-refractivity contribution in [2.45, 2.75) is 32.7 Å². The lowest BCUT2D eigenvalue weighted by Crippen LogP contribution is -2.16. The fourth-order valence-electron chi connectivity index (χ4n) is 1.94. The van der Waals surface area contributed by atoms with E-state index in [1.165, 1.54) is 5.56 Å². The smallest absolute Gasteiger partial charge is 0.200 e. The monoisotopic (exact) mass is 233 g/mol. The molecule has 0 aromatic carbocycles. The second-order valence-electron chi connectivity index (χ2n) is 5.34. The van der Waals surface area contributed by atoms with Crippen LogP contribution in [-0.2, 0) is 19.0 Å². The predicted octanol–water partition coefficient (Wildman–Crippen LogP) is 1.54. The highest BCUT2D eigenvalue weighted by Gasteiger charge is 2.22. The van der Waals surface area contributed by atoms with E-state index in [2.05, 4.69) is 30.9 Å². The molecular weight excluding hydrogens is 214 g/mol. The highest BCUT2D eigenvalue weighted by atomic mass is 15.3. The van der Waals surface area contributed by atoms with Gasteiger partial charge in [-0.1, -0.05) is 20.8 Å². The summed E-state index contributed by atoms with van der Waals surface area (Å²) in [6.07, 6.45) is 5.64. The molecule has 2 aromatic rings. The van der Waals surface area contributed by atoms with Gasteiger partial charge in [-0.25, -0.2) is 4.98 Å². The molecule has 0 bridgehead atoms. The van der Waals surface area contributed by atoms with Gasteiger partial charge in [0.15, 0.2) is 5.95 Å². The summed E-state index contributed by atoms with van der Waals surface area (Å²) < 4.78 is 3.77. The first-order valence-electron chi connectivity index (χ1n) is 5.67. The van der Waals surface area contributed by atoms with Crippen LogP contribution in [0.2, 0.25) is 0 Å². The van der Waals surface area contributed by atoms with Gasteiger partial charge in [0.2, 0.25) is 0 Å². The van der Waals surface area contributed by atoms with E-state index in [4.69, 9.17) is 5.73 Å². The molecular formula is C12H19N5. The summed E-state index contributed by atoms with van der Waals surface area (Å²) in [5.74, 6) is 0.536. The van der Waals surface area contributed by atoms with Crippen molar-refractivity contribution < 1.29 is 0 Å². The fraction of sp³-hybridized carbons (Fsp3) is 0.500. The quantitative estimate of drug-likeness (QED) is 0.856. The second kappa shape index (κ2) is 3.91. The molecule has 17 heavy (non-hydrogen) atoms. The van der Waals surface area contributed by atoms with Gasteiger partial charge in [0, 0.05) is 36.6 Å². The van der Waals surface area contributed by atoms with Crippen LogP contribution in [0.5, 0.6) is 0 Å². The van der Waals surface area contributed by atoms with Crippen molar-refractivity contribution in [1.82, 2.24) is 19.3 Å². The molecule has 0 saturated heterocycles. The zero-order valence-electron chi connectivity index (χ0n) is 10.8. The average molecular weight is 233 g/mol. The maximum absolute atomic E-state index is 5.78. The number of nitrogens with zero attached hydrogens (tertiary/aromatic N) is 4. The van der Waals surface area contributed by atoms with E-state index in [-0.39, 0.29) is 5.41 Å². The summed E-state index contributed by atoms with van der Waals surface area (Å²) >= 11 is 0. The van der Waals surface area contributed by atoms with Crippen LogP contribution in [0.3, 0.4) is 0 Å². The summed E-state index contributed by atoms with van der Waals surface area (Å²) in [4.78, 5) is 4.02. The van der Waals surface area contributed by atoms with Gasteiger partial charge in [-0.3, -0.25) is 4.68 Å². The summed E-state index contributed by atoms with van der Waals surface area (Å²) in [5, 5.41) is 4.53. The number of aryl methyl sites for hydroxylation is 1. The minimum absolute atomic E-state index is 0.0337. The van der Waals surface area contributed by atoms with Crippen molar-refractivity contribution in [1.29, 1.82) is 0 Å². The van der Waals surface area contributed by atoms with Crippen molar-refractivity contribution in [3.63, 3.8) is 0 Å². The Kier molecular flexibility index (Phi) is 2.69. The van der Waals surface area contributed by atoms with Crippen molar-refractivity contribution in [2.24, 2.45) is 7.05 Å². The molecule has 5 nitrogen and oxygen atoms in total. The number of aromatic nitrogens is 4. The third-order valence-corrected chi connectivity index (χ3v) is 2.70. The summed E-state index contributed by atoms with van der Waals surface area (Å²) in [6.45, 7) is 7.20. The van der Waals surface area contributed by atoms with E-state index in [1.54, 1.807) is 6.20 Å². The third kappa shape index (κ3) is 2.33. The van der Waals surface area contributed by atoms with E-state index < -0.39 is 0 Å². The molecule has 0 aliphatic carbocycles. The molecule has 0 fully saturated rings. The van der Waals surface area contributed by atoms with Crippen LogP contribution in [0.15, 0.2) is 18.6 Å². The molecule has 0 spiro atoms. The molecule has 5 heteroatoms. The third-order valence-electron chi connectivity index (χ3n) is 2.70. The van der Waals surface area contributed by atoms with E-state index in [0.29, 0.717) is 12.5 Å². The highest BCUT2D eigenvalue weighted by Crippen LogP contribution is 2.25. The van der Waals surface area contributed by atoms with Gasteiger partial charge >= 0.3 is 0 Å². The number of anilines is 1. The molecule has 0 unspecified atom stereocenters. The first-order valence-corrected chi connectivity index (χ1v) is 5.67. The fourth-order valence-corrected chi connectivity index (χ4v) is 1.94. The van der Waals surface area contributed by atoms with Crippen molar-refractivity contribution in [3.8, 4) is 0 Å². The Bertz CT molecular complexity index is 515. The van der Waals surface area contributed by atoms with Crippen molar-refractivity contribution in [2.75, 3.05) is 5.73 Å². The summed E-state index contributed by atoms with van der Waals surface area (Å²) in [7, 11) is 1.94. The number of rotatable bonds is 2. The molecule has 0 amide bonds. The van der Waals surface area contributed by atoms with Gasteiger partial charge in [-0.15, -0.1) is 0 Å². The molecule has 0 atom stereocenters. The van der Waals surface area contributed by atoms with E-state index in [1.807, 2.05) is 28.7 Å². The van der Waals surface area contributed by atoms with Crippen LogP contribution in [0.1, 0.15) is 32.0 Å². The maximum Gasteiger partial charge on any atom is 0.200 e. The SMILES string of the molecule is Cn1cc(Cn2ccnc2N)c(C(C)(C)C)n1. The minimum Gasteiger partial charge on any atom is -0.369 e. The van der Waals surface area contributed by atoms with Crippen LogP contribution in [-0.4, -0.2) is 19.3 Å². The Morgan fingerprint density at radius 1 is 1.35 bits per heavy atom. The van der Waals surface area contributed by atoms with Gasteiger partial charge in [-0.2, -0.15) is 5.10 Å². The molecule has 0 saturated carbocycles. The number of hydrogen-bond acceptors (Lipinski definition) is 3. The molecule has 92 valence electrons. The van der Waals surface area contributed by atoms with Crippen LogP contribution in [0, 0.1) is 0 Å². The molecule has 2 heterocycles. The molecule has 2 N–H and O–H groups in total. The van der Waals surface area contributed by atoms with Crippen LogP contribution in [0.25, 0.3) is 0 Å². The Balaban J connectivity index is 2.36. The first kappa shape index (κ1) is 11.7. The topological polar surface area (TPSA) is 61.7 Å². The summed E-state index contributed by atoms with van der Waals surface area (Å²) in [5.41, 5.74) is 8.10. The first-order chi connectivity index (χ1) is 7.88. The number of hydrogen-bond donors (Lipinski definition) is 1. The normalized spacial score (nSPS) is 12.0. The van der Waals surface area contributed by atoms with E-state index in [9.17, 15) is 0 Å². The van der Waals surface area contributed by atoms with Crippen LogP contribution >= 0.6 is 0 Å². The van der Waals surface area contributed by atoms with Crippen molar-refractivity contribution in [3.05, 3.63) is 29.8 Å². The molecule has 0 aliphatic heterocycles. The van der Waals surface area contributed by atoms with Gasteiger partial charge in [-0.05, 0) is 0 Å². The Labute approximate surface area is 101 Å². The molecule has 0 aliphatic rings. The predicted molar refractivity (Wildman–Crippen MR) is 67.6 cm³/mol. The lowest BCUT2D eigenvalue weighted by atomic mass is 9.89. The standard InChI is InChI=1S/C12H19N5/c1-12(2,3)10-9(7-16(4)15-10)8-17-6-5-14-11(17)13/h5-7H,8H2,1-4H3,(H2,13,14). The Morgan fingerprint density at radius 3 is 2.59 bits per heavy atom. The van der Waals surface area contributed by atoms with Crippen LogP contribution in [0.4, 0.5) is 5.95 Å². The van der Waals surface area contributed by atoms with E-state index in [0.717, 1.165) is 5.69 Å². The number of nitrogens with two attached hydrogens (primary N) is 1. The van der Waals surface area contributed by atoms with Gasteiger partial charge in [0.1, 0.15) is 0 Å². The zero-order chi connectivity index (χ0) is 12.6. The minimum atomic E-state index is 0.0337. The van der Waals surface area contributed by atoms with Gasteiger partial charge in [0.05, 0.1) is 12.2 Å². The molecule has 2 aromatic heterocycles. The van der Waals surface area contributed by atoms with Gasteiger partial charge < -0.3 is 10.3 Å². The van der Waals surface area contributed by atoms with Crippen molar-refractivity contribution >= 4 is 5.95 Å². The van der Waals surface area contributed by atoms with E-state index >= 15 is 0 Å². The Morgan fingerprint density at radius 2 is 2.06 bits per heavy atom. The van der Waals surface area contributed by atoms with Crippen LogP contribution < -0.4 is 5.73 Å². The Hall–Kier alpha value is -1.78. The molecule has 2 rings (SSSR count). The average Bonchev–Trinajstić information content (AvgIpc) is 2.74. The lowest BCUT2D eigenvalue weighted by molar-refractivity contribution is 0.546. The lowest BCUT2D eigenvalue weighted by Gasteiger charge is -2.17.